The molecule has 0 amide bonds. The molecular formula is C48H31N4+. The molecule has 8 aromatic carbocycles. The minimum absolute atomic E-state index is 0.947. The van der Waals surface area contributed by atoms with E-state index < -0.39 is 0 Å². The molecule has 0 aliphatic rings. The fourth-order valence-electron chi connectivity index (χ4n) is 8.23. The molecule has 0 saturated heterocycles. The number of fused-ring (bicyclic) bond motifs is 9. The molecule has 0 atom stereocenters. The van der Waals surface area contributed by atoms with Crippen molar-refractivity contribution in [3.63, 3.8) is 0 Å². The van der Waals surface area contributed by atoms with Crippen LogP contribution in [0.5, 0.6) is 0 Å². The molecule has 0 fully saturated rings. The molecule has 0 saturated carbocycles. The van der Waals surface area contributed by atoms with Crippen molar-refractivity contribution in [2.24, 2.45) is 0 Å². The van der Waals surface area contributed by atoms with Crippen LogP contribution in [0.1, 0.15) is 0 Å². The van der Waals surface area contributed by atoms with Gasteiger partial charge in [-0.2, -0.15) is 0 Å². The van der Waals surface area contributed by atoms with Gasteiger partial charge >= 0.3 is 0 Å². The minimum atomic E-state index is 0.947. The highest BCUT2D eigenvalue weighted by atomic mass is 15.3. The van der Waals surface area contributed by atoms with E-state index in [0.29, 0.717) is 0 Å². The Bertz CT molecular complexity index is 3160. The maximum atomic E-state index is 5.23. The van der Waals surface area contributed by atoms with E-state index in [1.165, 1.54) is 54.4 Å². The first kappa shape index (κ1) is 28.8. The topological polar surface area (TPSA) is 26.6 Å². The quantitative estimate of drug-likeness (QED) is 0.172. The van der Waals surface area contributed by atoms with Crippen LogP contribution in [0, 0.1) is 0 Å². The van der Waals surface area contributed by atoms with Crippen molar-refractivity contribution in [2.45, 2.75) is 0 Å². The summed E-state index contributed by atoms with van der Waals surface area (Å²) in [5, 5.41) is 15.0. The molecule has 3 aromatic heterocycles. The van der Waals surface area contributed by atoms with Crippen LogP contribution in [0.25, 0.3) is 93.5 Å². The molecule has 242 valence electrons. The van der Waals surface area contributed by atoms with Crippen molar-refractivity contribution < 1.29 is 4.68 Å². The van der Waals surface area contributed by atoms with Crippen LogP contribution in [0.4, 0.5) is 0 Å². The highest BCUT2D eigenvalue weighted by Gasteiger charge is 2.21. The van der Waals surface area contributed by atoms with Gasteiger partial charge in [-0.15, -0.1) is 0 Å². The summed E-state index contributed by atoms with van der Waals surface area (Å²) in [7, 11) is 0. The van der Waals surface area contributed by atoms with E-state index >= 15 is 0 Å². The van der Waals surface area contributed by atoms with Crippen LogP contribution in [0.15, 0.2) is 188 Å². The van der Waals surface area contributed by atoms with E-state index in [1.807, 2.05) is 10.7 Å². The van der Waals surface area contributed by atoms with Gasteiger partial charge in [0, 0.05) is 61.1 Å². The lowest BCUT2D eigenvalue weighted by Gasteiger charge is -2.12. The Morgan fingerprint density at radius 2 is 1.04 bits per heavy atom. The molecule has 52 heavy (non-hydrogen) atoms. The lowest BCUT2D eigenvalue weighted by molar-refractivity contribution is -0.657. The van der Waals surface area contributed by atoms with Crippen LogP contribution in [0.2, 0.25) is 0 Å². The second-order valence-electron chi connectivity index (χ2n) is 13.5. The minimum Gasteiger partial charge on any atom is -0.309 e. The van der Waals surface area contributed by atoms with Crippen molar-refractivity contribution in [1.29, 1.82) is 0 Å². The first-order valence-electron chi connectivity index (χ1n) is 17.7. The average molecular weight is 664 g/mol. The zero-order valence-electron chi connectivity index (χ0n) is 28.2. The molecule has 0 aliphatic heterocycles. The van der Waals surface area contributed by atoms with Crippen molar-refractivity contribution in [2.75, 3.05) is 0 Å². The summed E-state index contributed by atoms with van der Waals surface area (Å²) < 4.78 is 6.86. The molecule has 4 heteroatoms. The number of hydrogen-bond donors (Lipinski definition) is 0. The number of aromatic nitrogens is 4. The first-order chi connectivity index (χ1) is 25.8. The van der Waals surface area contributed by atoms with Gasteiger partial charge in [-0.3, -0.25) is 0 Å². The zero-order chi connectivity index (χ0) is 34.2. The number of para-hydroxylation sites is 3. The molecule has 11 rings (SSSR count). The van der Waals surface area contributed by atoms with Crippen molar-refractivity contribution in [3.05, 3.63) is 188 Å². The summed E-state index contributed by atoms with van der Waals surface area (Å²) in [6.45, 7) is 0. The van der Waals surface area contributed by atoms with Gasteiger partial charge in [-0.1, -0.05) is 120 Å². The molecule has 0 bridgehead atoms. The van der Waals surface area contributed by atoms with Gasteiger partial charge in [0.15, 0.2) is 0 Å². The Kier molecular flexibility index (Phi) is 6.22. The van der Waals surface area contributed by atoms with E-state index in [0.717, 1.165) is 39.1 Å². The molecule has 0 spiro atoms. The Morgan fingerprint density at radius 1 is 0.385 bits per heavy atom. The standard InChI is InChI=1S/C48H31N4/c1-4-15-33(16-5-1)48-40-28-37(26-24-34(40)31-50(49-48)35-17-6-2-7-18-35)52-43-23-13-12-22-39(43)41-29-42-46(30-45(41)52)51(36-19-8-3-9-20-36)44-27-25-32-14-10-11-21-38(32)47(42)44/h1-31H/q+1. The van der Waals surface area contributed by atoms with Crippen molar-refractivity contribution in [1.82, 2.24) is 14.2 Å². The second kappa shape index (κ2) is 11.2. The van der Waals surface area contributed by atoms with E-state index in [-0.39, 0.29) is 0 Å². The summed E-state index contributed by atoms with van der Waals surface area (Å²) >= 11 is 0. The monoisotopic (exact) mass is 663 g/mol. The molecule has 3 heterocycles. The summed E-state index contributed by atoms with van der Waals surface area (Å²) in [4.78, 5) is 0. The SMILES string of the molecule is c1ccc(-c2n[n+](-c3ccccc3)cc3ccc(-n4c5ccccc5c5cc6c7c8ccccc8ccc7n(-c7ccccc7)c6cc54)cc23)cc1. The number of nitrogens with zero attached hydrogens (tertiary/aromatic N) is 4. The van der Waals surface area contributed by atoms with Gasteiger partial charge in [-0.05, 0) is 65.4 Å². The van der Waals surface area contributed by atoms with Gasteiger partial charge in [-0.25, -0.2) is 0 Å². The van der Waals surface area contributed by atoms with Gasteiger partial charge in [0.1, 0.15) is 5.69 Å². The largest absolute Gasteiger partial charge is 0.309 e. The van der Waals surface area contributed by atoms with Gasteiger partial charge < -0.3 is 9.13 Å². The molecule has 4 nitrogen and oxygen atoms in total. The molecular weight excluding hydrogens is 633 g/mol. The van der Waals surface area contributed by atoms with Crippen LogP contribution in [0.3, 0.4) is 0 Å². The lowest BCUT2D eigenvalue weighted by Crippen LogP contribution is -2.35. The Morgan fingerprint density at radius 3 is 1.87 bits per heavy atom. The van der Waals surface area contributed by atoms with Gasteiger partial charge in [0.05, 0.1) is 27.5 Å². The predicted molar refractivity (Wildman–Crippen MR) is 215 cm³/mol. The third-order valence-corrected chi connectivity index (χ3v) is 10.5. The average Bonchev–Trinajstić information content (AvgIpc) is 3.72. The molecule has 0 N–H and O–H groups in total. The summed E-state index contributed by atoms with van der Waals surface area (Å²) in [6, 6.07) is 65.3. The van der Waals surface area contributed by atoms with Crippen molar-refractivity contribution >= 4 is 65.2 Å². The predicted octanol–water partition coefficient (Wildman–Crippen LogP) is 11.5. The summed E-state index contributed by atoms with van der Waals surface area (Å²) in [6.07, 6.45) is 2.14. The zero-order valence-corrected chi connectivity index (χ0v) is 28.2. The number of hydrogen-bond acceptors (Lipinski definition) is 1. The highest BCUT2D eigenvalue weighted by molar-refractivity contribution is 6.25. The van der Waals surface area contributed by atoms with E-state index in [1.54, 1.807) is 0 Å². The fourth-order valence-corrected chi connectivity index (χ4v) is 8.23. The van der Waals surface area contributed by atoms with E-state index in [4.69, 9.17) is 5.10 Å². The Balaban J connectivity index is 1.24. The molecule has 11 aromatic rings. The fraction of sp³-hybridized carbons (Fsp3) is 0. The summed E-state index contributed by atoms with van der Waals surface area (Å²) in [5.41, 5.74) is 10.0. The normalized spacial score (nSPS) is 11.8. The second-order valence-corrected chi connectivity index (χ2v) is 13.5. The Hall–Kier alpha value is -7.04. The molecule has 0 unspecified atom stereocenters. The smallest absolute Gasteiger partial charge is 0.238 e. The van der Waals surface area contributed by atoms with Gasteiger partial charge in [0.2, 0.25) is 11.9 Å². The maximum Gasteiger partial charge on any atom is 0.238 e. The maximum absolute atomic E-state index is 5.23. The Labute approximate surface area is 299 Å². The first-order valence-corrected chi connectivity index (χ1v) is 17.7. The van der Waals surface area contributed by atoms with Crippen LogP contribution < -0.4 is 4.68 Å². The summed E-state index contributed by atoms with van der Waals surface area (Å²) in [5.74, 6) is 0. The highest BCUT2D eigenvalue weighted by Crippen LogP contribution is 2.42. The van der Waals surface area contributed by atoms with Crippen LogP contribution in [-0.4, -0.2) is 14.2 Å². The van der Waals surface area contributed by atoms with Crippen LogP contribution in [-0.2, 0) is 0 Å². The van der Waals surface area contributed by atoms with Gasteiger partial charge in [0.25, 0.3) is 0 Å². The molecule has 0 aliphatic carbocycles. The van der Waals surface area contributed by atoms with Crippen LogP contribution >= 0.6 is 0 Å². The number of rotatable bonds is 4. The third kappa shape index (κ3) is 4.28. The number of benzene rings is 8. The van der Waals surface area contributed by atoms with E-state index in [9.17, 15) is 0 Å². The van der Waals surface area contributed by atoms with E-state index in [2.05, 4.69) is 191 Å². The third-order valence-electron chi connectivity index (χ3n) is 10.5. The molecule has 0 radical (unpaired) electrons. The lowest BCUT2D eigenvalue weighted by atomic mass is 10.0. The van der Waals surface area contributed by atoms with Crippen molar-refractivity contribution in [3.8, 4) is 28.3 Å².